The van der Waals surface area contributed by atoms with Crippen molar-refractivity contribution >= 4 is 17.2 Å². The molecule has 190 valence electrons. The first-order valence-electron chi connectivity index (χ1n) is 12.5. The van der Waals surface area contributed by atoms with Gasteiger partial charge in [-0.2, -0.15) is 5.10 Å². The van der Waals surface area contributed by atoms with Gasteiger partial charge in [0.2, 0.25) is 0 Å². The molecule has 0 aliphatic carbocycles. The van der Waals surface area contributed by atoms with Crippen LogP contribution in [-0.4, -0.2) is 58.7 Å². The molecule has 0 saturated carbocycles. The van der Waals surface area contributed by atoms with Gasteiger partial charge >= 0.3 is 0 Å². The summed E-state index contributed by atoms with van der Waals surface area (Å²) in [6.45, 7) is 2.02. The molecule has 6 rings (SSSR count). The Morgan fingerprint density at radius 1 is 0.868 bits per heavy atom. The molecule has 0 bridgehead atoms. The number of piperazine rings is 1. The van der Waals surface area contributed by atoms with Gasteiger partial charge < -0.3 is 14.5 Å². The predicted octanol–water partition coefficient (Wildman–Crippen LogP) is 5.17. The molecule has 0 N–H and O–H groups in total. The monoisotopic (exact) mass is 507 g/mol. The summed E-state index contributed by atoms with van der Waals surface area (Å²) in [6.07, 6.45) is 0. The molecule has 1 amide bonds. The minimum Gasteiger partial charge on any atom is -0.496 e. The summed E-state index contributed by atoms with van der Waals surface area (Å²) in [5, 5.41) is 4.83. The Hall–Kier alpha value is -4.72. The topological polar surface area (TPSA) is 63.0 Å². The van der Waals surface area contributed by atoms with Crippen molar-refractivity contribution in [1.82, 2.24) is 19.5 Å². The fraction of sp³-hybridized carbons (Fsp3) is 0.167. The Morgan fingerprint density at radius 2 is 1.58 bits per heavy atom. The van der Waals surface area contributed by atoms with Crippen LogP contribution in [0.5, 0.6) is 5.75 Å². The van der Waals surface area contributed by atoms with Gasteiger partial charge in [0, 0.05) is 43.4 Å². The zero-order valence-electron chi connectivity index (χ0n) is 20.9. The number of para-hydroxylation sites is 2. The molecule has 2 aromatic heterocycles. The molecule has 3 aromatic carbocycles. The lowest BCUT2D eigenvalue weighted by atomic mass is 10.1. The number of fused-ring (bicyclic) bond motifs is 1. The molecule has 3 heterocycles. The van der Waals surface area contributed by atoms with E-state index in [0.29, 0.717) is 54.7 Å². The van der Waals surface area contributed by atoms with Crippen molar-refractivity contribution in [3.8, 4) is 28.3 Å². The van der Waals surface area contributed by atoms with Crippen molar-refractivity contribution in [2.45, 2.75) is 0 Å². The van der Waals surface area contributed by atoms with Crippen LogP contribution in [0.25, 0.3) is 28.2 Å². The highest BCUT2D eigenvalue weighted by atomic mass is 19.1. The van der Waals surface area contributed by atoms with Crippen molar-refractivity contribution < 1.29 is 13.9 Å². The quantitative estimate of drug-likeness (QED) is 0.328. The molecular weight excluding hydrogens is 481 g/mol. The van der Waals surface area contributed by atoms with Gasteiger partial charge in [0.15, 0.2) is 5.65 Å². The average Bonchev–Trinajstić information content (AvgIpc) is 3.42. The van der Waals surface area contributed by atoms with Crippen LogP contribution in [0.3, 0.4) is 0 Å². The number of anilines is 1. The van der Waals surface area contributed by atoms with E-state index in [4.69, 9.17) is 14.8 Å². The molecule has 1 saturated heterocycles. The van der Waals surface area contributed by atoms with Crippen molar-refractivity contribution in [3.63, 3.8) is 0 Å². The third-order valence-corrected chi connectivity index (χ3v) is 6.86. The summed E-state index contributed by atoms with van der Waals surface area (Å²) in [5.74, 6) is 0.253. The van der Waals surface area contributed by atoms with Crippen LogP contribution in [0.15, 0.2) is 91.0 Å². The number of aromatic nitrogens is 3. The van der Waals surface area contributed by atoms with E-state index >= 15 is 0 Å². The number of carbonyl (C=O) groups excluding carboxylic acids is 1. The van der Waals surface area contributed by atoms with Crippen LogP contribution < -0.4 is 9.64 Å². The maximum atomic E-state index is 14.3. The Morgan fingerprint density at radius 3 is 2.34 bits per heavy atom. The van der Waals surface area contributed by atoms with Crippen LogP contribution in [0, 0.1) is 5.82 Å². The van der Waals surface area contributed by atoms with E-state index in [1.54, 1.807) is 34.7 Å². The van der Waals surface area contributed by atoms with Gasteiger partial charge in [-0.3, -0.25) is 4.79 Å². The molecular formula is C30H26FN5O2. The molecule has 0 radical (unpaired) electrons. The normalized spacial score (nSPS) is 13.6. The molecule has 0 unspecified atom stereocenters. The second-order valence-corrected chi connectivity index (χ2v) is 9.12. The Labute approximate surface area is 219 Å². The first-order chi connectivity index (χ1) is 18.6. The van der Waals surface area contributed by atoms with E-state index in [2.05, 4.69) is 0 Å². The Kier molecular flexibility index (Phi) is 6.21. The first-order valence-corrected chi connectivity index (χ1v) is 12.5. The van der Waals surface area contributed by atoms with Crippen LogP contribution >= 0.6 is 0 Å². The van der Waals surface area contributed by atoms with E-state index in [0.717, 1.165) is 16.8 Å². The number of carbonyl (C=O) groups is 1. The van der Waals surface area contributed by atoms with Gasteiger partial charge in [0.05, 0.1) is 24.2 Å². The highest BCUT2D eigenvalue weighted by Crippen LogP contribution is 2.32. The predicted molar refractivity (Wildman–Crippen MR) is 145 cm³/mol. The maximum Gasteiger partial charge on any atom is 0.272 e. The lowest BCUT2D eigenvalue weighted by Gasteiger charge is -2.36. The van der Waals surface area contributed by atoms with Gasteiger partial charge in [0.1, 0.15) is 17.3 Å². The number of benzene rings is 3. The lowest BCUT2D eigenvalue weighted by Crippen LogP contribution is -2.49. The number of hydrogen-bond donors (Lipinski definition) is 0. The van der Waals surface area contributed by atoms with Crippen molar-refractivity contribution in [1.29, 1.82) is 0 Å². The SMILES string of the molecule is COc1ccccc1-c1cc(C(=O)N2CCN(c3ccccc3F)CC2)nc2cc(-c3ccccc3)nn12. The zero-order chi connectivity index (χ0) is 26.1. The van der Waals surface area contributed by atoms with Crippen LogP contribution in [-0.2, 0) is 0 Å². The molecule has 5 aromatic rings. The Bertz CT molecular complexity index is 1610. The van der Waals surface area contributed by atoms with Gasteiger partial charge in [-0.25, -0.2) is 13.9 Å². The fourth-order valence-electron chi connectivity index (χ4n) is 4.90. The van der Waals surface area contributed by atoms with Crippen LogP contribution in [0.1, 0.15) is 10.5 Å². The number of hydrogen-bond acceptors (Lipinski definition) is 5. The van der Waals surface area contributed by atoms with Gasteiger partial charge in [-0.1, -0.05) is 54.6 Å². The van der Waals surface area contributed by atoms with Crippen molar-refractivity contribution in [2.24, 2.45) is 0 Å². The van der Waals surface area contributed by atoms with Gasteiger partial charge in [0.25, 0.3) is 5.91 Å². The maximum absolute atomic E-state index is 14.3. The second kappa shape index (κ2) is 9.97. The number of ether oxygens (including phenoxy) is 1. The highest BCUT2D eigenvalue weighted by Gasteiger charge is 2.26. The molecule has 38 heavy (non-hydrogen) atoms. The Balaban J connectivity index is 1.37. The van der Waals surface area contributed by atoms with E-state index < -0.39 is 0 Å². The van der Waals surface area contributed by atoms with Gasteiger partial charge in [-0.05, 0) is 30.3 Å². The van der Waals surface area contributed by atoms with Crippen LogP contribution in [0.2, 0.25) is 0 Å². The standard InChI is InChI=1S/C30H26FN5O2/c1-38-28-14-8-5-11-22(28)27-19-25(32-29-20-24(33-36(27)29)21-9-3-2-4-10-21)30(37)35-17-15-34(16-18-35)26-13-7-6-12-23(26)31/h2-14,19-20H,15-18H2,1H3. The molecule has 1 aliphatic rings. The smallest absolute Gasteiger partial charge is 0.272 e. The van der Waals surface area contributed by atoms with E-state index in [1.807, 2.05) is 71.6 Å². The largest absolute Gasteiger partial charge is 0.496 e. The molecule has 7 nitrogen and oxygen atoms in total. The summed E-state index contributed by atoms with van der Waals surface area (Å²) < 4.78 is 21.7. The van der Waals surface area contributed by atoms with E-state index in [-0.39, 0.29) is 11.7 Å². The molecule has 8 heteroatoms. The molecule has 1 fully saturated rings. The summed E-state index contributed by atoms with van der Waals surface area (Å²) >= 11 is 0. The summed E-state index contributed by atoms with van der Waals surface area (Å²) in [5.41, 5.74) is 4.70. The fourth-order valence-corrected chi connectivity index (χ4v) is 4.90. The zero-order valence-corrected chi connectivity index (χ0v) is 20.9. The number of amides is 1. The third-order valence-electron chi connectivity index (χ3n) is 6.86. The average molecular weight is 508 g/mol. The molecule has 0 spiro atoms. The van der Waals surface area contributed by atoms with E-state index in [1.165, 1.54) is 6.07 Å². The highest BCUT2D eigenvalue weighted by molar-refractivity contribution is 5.94. The van der Waals surface area contributed by atoms with Crippen molar-refractivity contribution in [3.05, 3.63) is 103 Å². The minimum absolute atomic E-state index is 0.167. The van der Waals surface area contributed by atoms with E-state index in [9.17, 15) is 9.18 Å². The minimum atomic E-state index is -0.254. The van der Waals surface area contributed by atoms with Crippen molar-refractivity contribution in [2.75, 3.05) is 38.2 Å². The number of halogens is 1. The summed E-state index contributed by atoms with van der Waals surface area (Å²) in [4.78, 5) is 22.1. The molecule has 1 aliphatic heterocycles. The first kappa shape index (κ1) is 23.7. The number of nitrogens with zero attached hydrogens (tertiary/aromatic N) is 5. The third kappa shape index (κ3) is 4.34. The second-order valence-electron chi connectivity index (χ2n) is 9.12. The molecule has 0 atom stereocenters. The van der Waals surface area contributed by atoms with Crippen LogP contribution in [0.4, 0.5) is 10.1 Å². The lowest BCUT2D eigenvalue weighted by molar-refractivity contribution is 0.0741. The summed E-state index contributed by atoms with van der Waals surface area (Å²) in [7, 11) is 1.62. The van der Waals surface area contributed by atoms with Gasteiger partial charge in [-0.15, -0.1) is 0 Å². The number of rotatable bonds is 5. The summed E-state index contributed by atoms with van der Waals surface area (Å²) in [6, 6.07) is 27.9. The number of methoxy groups -OCH3 is 1.